The molecule has 1 N–H and O–H groups in total. The molecule has 12 heavy (non-hydrogen) atoms. The molecular formula is C11H21N. The monoisotopic (exact) mass is 167 g/mol. The smallest absolute Gasteiger partial charge is 0.00642 e. The summed E-state index contributed by atoms with van der Waals surface area (Å²) in [6, 6.07) is 0.835. The van der Waals surface area contributed by atoms with Gasteiger partial charge in [-0.05, 0) is 44.6 Å². The number of rotatable bonds is 2. The molecule has 1 heteroatoms. The summed E-state index contributed by atoms with van der Waals surface area (Å²) in [6.45, 7) is 0. The van der Waals surface area contributed by atoms with Crippen LogP contribution in [0.5, 0.6) is 0 Å². The minimum absolute atomic E-state index is 0.835. The Morgan fingerprint density at radius 1 is 0.833 bits per heavy atom. The van der Waals surface area contributed by atoms with Crippen LogP contribution in [0.2, 0.25) is 0 Å². The Labute approximate surface area is 75.9 Å². The Hall–Kier alpha value is -0.0400. The fourth-order valence-corrected chi connectivity index (χ4v) is 2.79. The van der Waals surface area contributed by atoms with Crippen LogP contribution in [0, 0.1) is 11.8 Å². The Kier molecular flexibility index (Phi) is 2.69. The van der Waals surface area contributed by atoms with E-state index < -0.39 is 0 Å². The second-order valence-corrected chi connectivity index (χ2v) is 4.59. The topological polar surface area (TPSA) is 12.0 Å². The van der Waals surface area contributed by atoms with E-state index >= 15 is 0 Å². The van der Waals surface area contributed by atoms with E-state index in [0.717, 1.165) is 17.9 Å². The Morgan fingerprint density at radius 3 is 1.83 bits per heavy atom. The van der Waals surface area contributed by atoms with Crippen LogP contribution in [-0.4, -0.2) is 13.1 Å². The van der Waals surface area contributed by atoms with Crippen molar-refractivity contribution < 1.29 is 0 Å². The molecule has 70 valence electrons. The average Bonchev–Trinajstić information content (AvgIpc) is 2.03. The SMILES string of the molecule is CNC1CCC(C2CCC2)CC1. The molecule has 2 fully saturated rings. The summed E-state index contributed by atoms with van der Waals surface area (Å²) in [5.74, 6) is 2.23. The molecule has 0 radical (unpaired) electrons. The van der Waals surface area contributed by atoms with Crippen LogP contribution < -0.4 is 5.32 Å². The predicted molar refractivity (Wildman–Crippen MR) is 52.1 cm³/mol. The van der Waals surface area contributed by atoms with Gasteiger partial charge in [-0.1, -0.05) is 19.3 Å². The van der Waals surface area contributed by atoms with Crippen molar-refractivity contribution in [3.05, 3.63) is 0 Å². The zero-order valence-corrected chi connectivity index (χ0v) is 8.18. The standard InChI is InChI=1S/C11H21N/c1-12-11-7-5-10(6-8-11)9-3-2-4-9/h9-12H,2-8H2,1H3. The van der Waals surface area contributed by atoms with Gasteiger partial charge < -0.3 is 5.32 Å². The molecule has 2 aliphatic carbocycles. The third kappa shape index (κ3) is 1.66. The van der Waals surface area contributed by atoms with Crippen molar-refractivity contribution >= 4 is 0 Å². The van der Waals surface area contributed by atoms with Crippen molar-refractivity contribution in [3.8, 4) is 0 Å². The lowest BCUT2D eigenvalue weighted by Gasteiger charge is -2.38. The second kappa shape index (κ2) is 3.78. The summed E-state index contributed by atoms with van der Waals surface area (Å²) < 4.78 is 0. The molecule has 0 spiro atoms. The Balaban J connectivity index is 1.74. The van der Waals surface area contributed by atoms with Crippen molar-refractivity contribution in [3.63, 3.8) is 0 Å². The molecule has 0 atom stereocenters. The number of hydrogen-bond acceptors (Lipinski definition) is 1. The normalized spacial score (nSPS) is 37.8. The molecule has 0 aromatic carbocycles. The molecule has 0 bridgehead atoms. The molecule has 2 aliphatic rings. The highest BCUT2D eigenvalue weighted by atomic mass is 14.9. The third-order valence-corrected chi connectivity index (χ3v) is 4.00. The summed E-state index contributed by atoms with van der Waals surface area (Å²) in [5, 5.41) is 3.40. The van der Waals surface area contributed by atoms with Crippen molar-refractivity contribution in [1.29, 1.82) is 0 Å². The molecule has 0 aliphatic heterocycles. The first-order valence-corrected chi connectivity index (χ1v) is 5.57. The van der Waals surface area contributed by atoms with Gasteiger partial charge in [0, 0.05) is 6.04 Å². The van der Waals surface area contributed by atoms with Gasteiger partial charge in [0.25, 0.3) is 0 Å². The van der Waals surface area contributed by atoms with Gasteiger partial charge in [-0.25, -0.2) is 0 Å². The lowest BCUT2D eigenvalue weighted by Crippen LogP contribution is -2.33. The van der Waals surface area contributed by atoms with Gasteiger partial charge in [-0.15, -0.1) is 0 Å². The zero-order valence-electron chi connectivity index (χ0n) is 8.18. The van der Waals surface area contributed by atoms with E-state index in [-0.39, 0.29) is 0 Å². The lowest BCUT2D eigenvalue weighted by molar-refractivity contribution is 0.149. The highest BCUT2D eigenvalue weighted by molar-refractivity contribution is 4.83. The first-order valence-electron chi connectivity index (χ1n) is 5.57. The summed E-state index contributed by atoms with van der Waals surface area (Å²) in [5.41, 5.74) is 0. The van der Waals surface area contributed by atoms with Crippen LogP contribution in [-0.2, 0) is 0 Å². The first kappa shape index (κ1) is 8.55. The lowest BCUT2D eigenvalue weighted by atomic mass is 9.69. The van der Waals surface area contributed by atoms with E-state index in [2.05, 4.69) is 12.4 Å². The fourth-order valence-electron chi connectivity index (χ4n) is 2.79. The molecule has 0 unspecified atom stereocenters. The number of hydrogen-bond donors (Lipinski definition) is 1. The van der Waals surface area contributed by atoms with Crippen molar-refractivity contribution in [1.82, 2.24) is 5.32 Å². The van der Waals surface area contributed by atoms with E-state index in [1.54, 1.807) is 0 Å². The van der Waals surface area contributed by atoms with Crippen LogP contribution in [0.1, 0.15) is 44.9 Å². The van der Waals surface area contributed by atoms with E-state index in [1.165, 1.54) is 44.9 Å². The highest BCUT2D eigenvalue weighted by Gasteiger charge is 2.30. The van der Waals surface area contributed by atoms with E-state index in [0.29, 0.717) is 0 Å². The van der Waals surface area contributed by atoms with E-state index in [1.807, 2.05) is 0 Å². The summed E-state index contributed by atoms with van der Waals surface area (Å²) in [7, 11) is 2.11. The minimum Gasteiger partial charge on any atom is -0.317 e. The molecular weight excluding hydrogens is 146 g/mol. The maximum absolute atomic E-state index is 3.40. The fraction of sp³-hybridized carbons (Fsp3) is 1.00. The average molecular weight is 167 g/mol. The predicted octanol–water partition coefficient (Wildman–Crippen LogP) is 2.56. The van der Waals surface area contributed by atoms with Crippen LogP contribution in [0.3, 0.4) is 0 Å². The first-order chi connectivity index (χ1) is 5.90. The van der Waals surface area contributed by atoms with Gasteiger partial charge in [-0.3, -0.25) is 0 Å². The van der Waals surface area contributed by atoms with Gasteiger partial charge in [0.05, 0.1) is 0 Å². The highest BCUT2D eigenvalue weighted by Crippen LogP contribution is 2.40. The molecule has 0 amide bonds. The summed E-state index contributed by atoms with van der Waals surface area (Å²) >= 11 is 0. The minimum atomic E-state index is 0.835. The van der Waals surface area contributed by atoms with Crippen molar-refractivity contribution in [2.24, 2.45) is 11.8 Å². The van der Waals surface area contributed by atoms with Gasteiger partial charge in [0.1, 0.15) is 0 Å². The Bertz CT molecular complexity index is 132. The summed E-state index contributed by atoms with van der Waals surface area (Å²) in [4.78, 5) is 0. The third-order valence-electron chi connectivity index (χ3n) is 4.00. The molecule has 0 aromatic heterocycles. The maximum Gasteiger partial charge on any atom is 0.00642 e. The zero-order chi connectivity index (χ0) is 8.39. The van der Waals surface area contributed by atoms with E-state index in [9.17, 15) is 0 Å². The van der Waals surface area contributed by atoms with Gasteiger partial charge >= 0.3 is 0 Å². The van der Waals surface area contributed by atoms with Gasteiger partial charge in [0.2, 0.25) is 0 Å². The summed E-state index contributed by atoms with van der Waals surface area (Å²) in [6.07, 6.45) is 10.4. The molecule has 0 saturated heterocycles. The van der Waals surface area contributed by atoms with Crippen LogP contribution in [0.25, 0.3) is 0 Å². The van der Waals surface area contributed by atoms with Crippen LogP contribution in [0.15, 0.2) is 0 Å². The Morgan fingerprint density at radius 2 is 1.42 bits per heavy atom. The molecule has 1 nitrogen and oxygen atoms in total. The quantitative estimate of drug-likeness (QED) is 0.666. The van der Waals surface area contributed by atoms with Crippen molar-refractivity contribution in [2.45, 2.75) is 51.0 Å². The van der Waals surface area contributed by atoms with Crippen molar-refractivity contribution in [2.75, 3.05) is 7.05 Å². The molecule has 2 rings (SSSR count). The molecule has 2 saturated carbocycles. The molecule has 0 aromatic rings. The largest absolute Gasteiger partial charge is 0.317 e. The van der Waals surface area contributed by atoms with Gasteiger partial charge in [0.15, 0.2) is 0 Å². The van der Waals surface area contributed by atoms with Crippen LogP contribution in [0.4, 0.5) is 0 Å². The van der Waals surface area contributed by atoms with E-state index in [4.69, 9.17) is 0 Å². The maximum atomic E-state index is 3.40. The van der Waals surface area contributed by atoms with Crippen LogP contribution >= 0.6 is 0 Å². The molecule has 0 heterocycles. The second-order valence-electron chi connectivity index (χ2n) is 4.59. The van der Waals surface area contributed by atoms with Gasteiger partial charge in [-0.2, -0.15) is 0 Å². The number of nitrogens with one attached hydrogen (secondary N) is 1.